The van der Waals surface area contributed by atoms with E-state index in [0.29, 0.717) is 5.92 Å². The fourth-order valence-corrected chi connectivity index (χ4v) is 1.85. The van der Waals surface area contributed by atoms with Crippen molar-refractivity contribution in [2.45, 2.75) is 45.1 Å². The van der Waals surface area contributed by atoms with Gasteiger partial charge in [-0.1, -0.05) is 6.92 Å². The summed E-state index contributed by atoms with van der Waals surface area (Å²) >= 11 is 0. The van der Waals surface area contributed by atoms with Gasteiger partial charge in [0.05, 0.1) is 12.6 Å². The topological polar surface area (TPSA) is 61.3 Å². The average molecular weight is 264 g/mol. The molecule has 106 valence electrons. The van der Waals surface area contributed by atoms with Gasteiger partial charge in [0.15, 0.2) is 0 Å². The Morgan fingerprint density at radius 3 is 2.79 bits per heavy atom. The van der Waals surface area contributed by atoms with Crippen LogP contribution in [0, 0.1) is 0 Å². The van der Waals surface area contributed by atoms with Gasteiger partial charge in [-0.2, -0.15) is 0 Å². The molecule has 0 saturated heterocycles. The van der Waals surface area contributed by atoms with Crippen LogP contribution >= 0.6 is 0 Å². The number of nitrogens with zero attached hydrogens (tertiary/aromatic N) is 3. The van der Waals surface area contributed by atoms with Crippen molar-refractivity contribution in [3.8, 4) is 0 Å². The molecule has 5 nitrogen and oxygen atoms in total. The summed E-state index contributed by atoms with van der Waals surface area (Å²) in [7, 11) is 1.96. The van der Waals surface area contributed by atoms with Crippen LogP contribution < -0.4 is 10.2 Å². The van der Waals surface area contributed by atoms with Crippen molar-refractivity contribution in [3.05, 3.63) is 11.9 Å². The zero-order valence-electron chi connectivity index (χ0n) is 12.1. The highest BCUT2D eigenvalue weighted by Gasteiger charge is 2.28. The molecule has 2 N–H and O–H groups in total. The smallest absolute Gasteiger partial charge is 0.136 e. The highest BCUT2D eigenvalue weighted by Crippen LogP contribution is 2.39. The van der Waals surface area contributed by atoms with E-state index in [1.807, 2.05) is 24.9 Å². The van der Waals surface area contributed by atoms with Crippen LogP contribution in [0.4, 0.5) is 11.6 Å². The molecule has 1 saturated carbocycles. The van der Waals surface area contributed by atoms with Crippen LogP contribution in [-0.4, -0.2) is 41.3 Å². The van der Waals surface area contributed by atoms with Gasteiger partial charge in [0, 0.05) is 25.6 Å². The lowest BCUT2D eigenvalue weighted by molar-refractivity contribution is 0.269. The van der Waals surface area contributed by atoms with Crippen LogP contribution in [0.5, 0.6) is 0 Å². The molecule has 1 aliphatic rings. The van der Waals surface area contributed by atoms with Gasteiger partial charge in [-0.3, -0.25) is 0 Å². The van der Waals surface area contributed by atoms with Gasteiger partial charge in [0.1, 0.15) is 17.5 Å². The van der Waals surface area contributed by atoms with E-state index in [1.165, 1.54) is 12.8 Å². The summed E-state index contributed by atoms with van der Waals surface area (Å²) in [6, 6.07) is 2.02. The van der Waals surface area contributed by atoms with Crippen LogP contribution in [0.3, 0.4) is 0 Å². The second-order valence-electron chi connectivity index (χ2n) is 5.31. The van der Waals surface area contributed by atoms with Crippen LogP contribution in [0.1, 0.15) is 44.9 Å². The standard InChI is InChI=1S/C14H24N4O/c1-4-7-15-12-8-13(18(3)10(2)9-19)17-14(16-12)11-5-6-11/h8,10-11,19H,4-7,9H2,1-3H3,(H,15,16,17). The van der Waals surface area contributed by atoms with Crippen LogP contribution in [-0.2, 0) is 0 Å². The minimum atomic E-state index is 0.0565. The lowest BCUT2D eigenvalue weighted by Gasteiger charge is -2.25. The zero-order chi connectivity index (χ0) is 13.8. The van der Waals surface area contributed by atoms with Crippen molar-refractivity contribution in [3.63, 3.8) is 0 Å². The first kappa shape index (κ1) is 14.1. The van der Waals surface area contributed by atoms with E-state index in [-0.39, 0.29) is 12.6 Å². The number of hydrogen-bond acceptors (Lipinski definition) is 5. The SMILES string of the molecule is CCCNc1cc(N(C)C(C)CO)nc(C2CC2)n1. The Bertz CT molecular complexity index is 420. The molecule has 0 amide bonds. The largest absolute Gasteiger partial charge is 0.394 e. The van der Waals surface area contributed by atoms with E-state index in [4.69, 9.17) is 0 Å². The molecule has 0 radical (unpaired) electrons. The van der Waals surface area contributed by atoms with Crippen molar-refractivity contribution in [1.82, 2.24) is 9.97 Å². The Hall–Kier alpha value is -1.36. The first-order valence-electron chi connectivity index (χ1n) is 7.12. The van der Waals surface area contributed by atoms with E-state index in [2.05, 4.69) is 22.2 Å². The molecule has 2 rings (SSSR count). The third-order valence-corrected chi connectivity index (χ3v) is 3.52. The Morgan fingerprint density at radius 2 is 2.21 bits per heavy atom. The van der Waals surface area contributed by atoms with Gasteiger partial charge < -0.3 is 15.3 Å². The number of aromatic nitrogens is 2. The first-order valence-corrected chi connectivity index (χ1v) is 7.12. The number of rotatable bonds is 7. The van der Waals surface area contributed by atoms with E-state index >= 15 is 0 Å². The maximum absolute atomic E-state index is 9.27. The van der Waals surface area contributed by atoms with Gasteiger partial charge >= 0.3 is 0 Å². The molecular weight excluding hydrogens is 240 g/mol. The van der Waals surface area contributed by atoms with Crippen LogP contribution in [0.2, 0.25) is 0 Å². The minimum absolute atomic E-state index is 0.0565. The molecule has 19 heavy (non-hydrogen) atoms. The summed E-state index contributed by atoms with van der Waals surface area (Å²) in [5.41, 5.74) is 0. The van der Waals surface area contributed by atoms with Crippen molar-refractivity contribution in [2.75, 3.05) is 30.4 Å². The fourth-order valence-electron chi connectivity index (χ4n) is 1.85. The highest BCUT2D eigenvalue weighted by molar-refractivity contribution is 5.50. The van der Waals surface area contributed by atoms with Gasteiger partial charge in [0.25, 0.3) is 0 Å². The van der Waals surface area contributed by atoms with Crippen molar-refractivity contribution < 1.29 is 5.11 Å². The number of nitrogens with one attached hydrogen (secondary N) is 1. The molecule has 1 heterocycles. The molecule has 0 aliphatic heterocycles. The predicted octanol–water partition coefficient (Wildman–Crippen LogP) is 1.99. The number of aliphatic hydroxyl groups excluding tert-OH is 1. The quantitative estimate of drug-likeness (QED) is 0.788. The second kappa shape index (κ2) is 6.19. The number of anilines is 2. The maximum Gasteiger partial charge on any atom is 0.136 e. The maximum atomic E-state index is 9.27. The second-order valence-corrected chi connectivity index (χ2v) is 5.31. The molecule has 5 heteroatoms. The summed E-state index contributed by atoms with van der Waals surface area (Å²) < 4.78 is 0. The minimum Gasteiger partial charge on any atom is -0.394 e. The molecule has 0 bridgehead atoms. The van der Waals surface area contributed by atoms with E-state index in [1.54, 1.807) is 0 Å². The monoisotopic (exact) mass is 264 g/mol. The van der Waals surface area contributed by atoms with Crippen LogP contribution in [0.25, 0.3) is 0 Å². The molecule has 1 aromatic heterocycles. The summed E-state index contributed by atoms with van der Waals surface area (Å²) in [5.74, 6) is 3.25. The lowest BCUT2D eigenvalue weighted by atomic mass is 10.3. The van der Waals surface area contributed by atoms with Gasteiger partial charge in [-0.05, 0) is 26.2 Å². The molecule has 0 aromatic carbocycles. The summed E-state index contributed by atoms with van der Waals surface area (Å²) in [6.07, 6.45) is 3.45. The highest BCUT2D eigenvalue weighted by atomic mass is 16.3. The number of aliphatic hydroxyl groups is 1. The third-order valence-electron chi connectivity index (χ3n) is 3.52. The van der Waals surface area contributed by atoms with Crippen molar-refractivity contribution in [2.24, 2.45) is 0 Å². The zero-order valence-corrected chi connectivity index (χ0v) is 12.1. The third kappa shape index (κ3) is 3.56. The van der Waals surface area contributed by atoms with Gasteiger partial charge in [0.2, 0.25) is 0 Å². The molecule has 1 unspecified atom stereocenters. The van der Waals surface area contributed by atoms with Gasteiger partial charge in [-0.25, -0.2) is 9.97 Å². The Labute approximate surface area is 115 Å². The first-order chi connectivity index (χ1) is 9.15. The average Bonchev–Trinajstić information content (AvgIpc) is 3.27. The van der Waals surface area contributed by atoms with E-state index in [0.717, 1.165) is 30.4 Å². The van der Waals surface area contributed by atoms with E-state index in [9.17, 15) is 5.11 Å². The van der Waals surface area contributed by atoms with Gasteiger partial charge in [-0.15, -0.1) is 0 Å². The number of hydrogen-bond donors (Lipinski definition) is 2. The van der Waals surface area contributed by atoms with E-state index < -0.39 is 0 Å². The van der Waals surface area contributed by atoms with Crippen molar-refractivity contribution >= 4 is 11.6 Å². The molecule has 1 atom stereocenters. The Morgan fingerprint density at radius 1 is 1.47 bits per heavy atom. The molecule has 0 spiro atoms. The summed E-state index contributed by atoms with van der Waals surface area (Å²) in [4.78, 5) is 11.2. The van der Waals surface area contributed by atoms with Crippen molar-refractivity contribution in [1.29, 1.82) is 0 Å². The normalized spacial score (nSPS) is 16.2. The number of likely N-dealkylation sites (N-methyl/N-ethyl adjacent to an activating group) is 1. The fraction of sp³-hybridized carbons (Fsp3) is 0.714. The summed E-state index contributed by atoms with van der Waals surface area (Å²) in [6.45, 7) is 5.16. The molecule has 1 aliphatic carbocycles. The molecule has 1 fully saturated rings. The predicted molar refractivity (Wildman–Crippen MR) is 77.7 cm³/mol. The molecule has 1 aromatic rings. The Balaban J connectivity index is 2.22. The Kier molecular flexibility index (Phi) is 4.58. The van der Waals surface area contributed by atoms with Crippen LogP contribution in [0.15, 0.2) is 6.07 Å². The molecular formula is C14H24N4O. The summed E-state index contributed by atoms with van der Waals surface area (Å²) in [5, 5.41) is 12.6. The lowest BCUT2D eigenvalue weighted by Crippen LogP contribution is -2.32.